The van der Waals surface area contributed by atoms with Gasteiger partial charge in [0.05, 0.1) is 27.3 Å². The smallest absolute Gasteiger partial charge is 0.0982 e. The Labute approximate surface area is 153 Å². The van der Waals surface area contributed by atoms with Crippen molar-refractivity contribution >= 4 is 16.5 Å². The first-order chi connectivity index (χ1) is 12.2. The maximum absolute atomic E-state index is 12.2. The molecule has 0 N–H and O–H groups in total. The van der Waals surface area contributed by atoms with Crippen LogP contribution in [0.15, 0.2) is 53.4 Å². The highest BCUT2D eigenvalue weighted by molar-refractivity contribution is 7.85. The van der Waals surface area contributed by atoms with Gasteiger partial charge < -0.3 is 9.80 Å². The molecule has 1 saturated heterocycles. The fourth-order valence-corrected chi connectivity index (χ4v) is 5.40. The van der Waals surface area contributed by atoms with Crippen molar-refractivity contribution in [2.45, 2.75) is 30.1 Å². The van der Waals surface area contributed by atoms with Crippen molar-refractivity contribution in [2.24, 2.45) is 0 Å². The van der Waals surface area contributed by atoms with Crippen LogP contribution in [0.1, 0.15) is 29.9 Å². The lowest BCUT2D eigenvalue weighted by Gasteiger charge is -2.32. The van der Waals surface area contributed by atoms with E-state index in [1.54, 1.807) is 0 Å². The highest BCUT2D eigenvalue weighted by atomic mass is 32.2. The van der Waals surface area contributed by atoms with Crippen molar-refractivity contribution in [3.8, 4) is 0 Å². The second kappa shape index (κ2) is 7.30. The number of anilines is 1. The number of likely N-dealkylation sites (tertiary alicyclic amines) is 1. The fourth-order valence-electron chi connectivity index (χ4n) is 4.03. The Morgan fingerprint density at radius 1 is 1.08 bits per heavy atom. The third-order valence-corrected chi connectivity index (χ3v) is 7.01. The molecule has 4 rings (SSSR count). The van der Waals surface area contributed by atoms with E-state index in [9.17, 15) is 4.21 Å². The van der Waals surface area contributed by atoms with Crippen molar-refractivity contribution in [3.63, 3.8) is 0 Å². The molecule has 0 amide bonds. The van der Waals surface area contributed by atoms with Gasteiger partial charge in [0, 0.05) is 13.6 Å². The molecule has 1 unspecified atom stereocenters. The molecular formula is C21H26N2OS. The summed E-state index contributed by atoms with van der Waals surface area (Å²) >= 11 is 0. The average molecular weight is 355 g/mol. The first-order valence-electron chi connectivity index (χ1n) is 9.20. The number of hydrogen-bond donors (Lipinski definition) is 0. The van der Waals surface area contributed by atoms with Gasteiger partial charge in [0.15, 0.2) is 0 Å². The van der Waals surface area contributed by atoms with E-state index in [2.05, 4.69) is 58.3 Å². The summed E-state index contributed by atoms with van der Waals surface area (Å²) in [7, 11) is 1.15. The van der Waals surface area contributed by atoms with Gasteiger partial charge >= 0.3 is 0 Å². The van der Waals surface area contributed by atoms with Gasteiger partial charge in [0.25, 0.3) is 0 Å². The molecule has 0 bridgehead atoms. The van der Waals surface area contributed by atoms with E-state index >= 15 is 0 Å². The molecule has 1 atom stereocenters. The lowest BCUT2D eigenvalue weighted by molar-refractivity contribution is 0.214. The van der Waals surface area contributed by atoms with Crippen LogP contribution in [0.5, 0.6) is 0 Å². The first kappa shape index (κ1) is 16.8. The molecule has 1 fully saturated rings. The Hall–Kier alpha value is -1.65. The molecule has 4 heteroatoms. The molecule has 0 spiro atoms. The largest absolute Gasteiger partial charge is 0.361 e. The lowest BCUT2D eigenvalue weighted by Crippen LogP contribution is -2.34. The molecule has 2 aromatic carbocycles. The number of benzene rings is 2. The van der Waals surface area contributed by atoms with Crippen LogP contribution < -0.4 is 4.90 Å². The van der Waals surface area contributed by atoms with Gasteiger partial charge in [-0.3, -0.25) is 4.21 Å². The summed E-state index contributed by atoms with van der Waals surface area (Å²) in [4.78, 5) is 5.68. The van der Waals surface area contributed by atoms with Crippen LogP contribution in [0.2, 0.25) is 0 Å². The van der Waals surface area contributed by atoms with E-state index < -0.39 is 10.8 Å². The summed E-state index contributed by atoms with van der Waals surface area (Å²) in [5.41, 5.74) is 3.94. The van der Waals surface area contributed by atoms with Gasteiger partial charge in [-0.15, -0.1) is 0 Å². The fraction of sp³-hybridized carbons (Fsp3) is 0.429. The maximum Gasteiger partial charge on any atom is 0.0982 e. The van der Waals surface area contributed by atoms with Crippen LogP contribution in [0.25, 0.3) is 0 Å². The summed E-state index contributed by atoms with van der Waals surface area (Å²) in [6.45, 7) is 3.46. The van der Waals surface area contributed by atoms with Crippen molar-refractivity contribution in [2.75, 3.05) is 37.5 Å². The molecule has 2 aliphatic rings. The van der Waals surface area contributed by atoms with Gasteiger partial charge in [0.2, 0.25) is 0 Å². The van der Waals surface area contributed by atoms with Gasteiger partial charge in [-0.25, -0.2) is 0 Å². The Morgan fingerprint density at radius 3 is 2.60 bits per heavy atom. The van der Waals surface area contributed by atoms with Gasteiger partial charge in [0.1, 0.15) is 0 Å². The molecule has 0 radical (unpaired) electrons. The zero-order chi connectivity index (χ0) is 17.2. The van der Waals surface area contributed by atoms with E-state index in [0.717, 1.165) is 29.5 Å². The second-order valence-corrected chi connectivity index (χ2v) is 8.64. The minimum Gasteiger partial charge on any atom is -0.361 e. The van der Waals surface area contributed by atoms with Crippen LogP contribution in [0, 0.1) is 0 Å². The van der Waals surface area contributed by atoms with Crippen LogP contribution in [-0.2, 0) is 17.2 Å². The Morgan fingerprint density at radius 2 is 1.84 bits per heavy atom. The van der Waals surface area contributed by atoms with E-state index in [1.165, 1.54) is 37.1 Å². The topological polar surface area (TPSA) is 23.6 Å². The van der Waals surface area contributed by atoms with Crippen LogP contribution in [-0.4, -0.2) is 41.7 Å². The molecule has 0 aromatic heterocycles. The van der Waals surface area contributed by atoms with Crippen LogP contribution in [0.3, 0.4) is 0 Å². The predicted octanol–water partition coefficient (Wildman–Crippen LogP) is 3.62. The van der Waals surface area contributed by atoms with Crippen molar-refractivity contribution in [1.29, 1.82) is 0 Å². The number of nitrogens with zero attached hydrogens (tertiary/aromatic N) is 2. The number of fused-ring (bicyclic) bond motifs is 1. The summed E-state index contributed by atoms with van der Waals surface area (Å²) in [5, 5.41) is 0. The van der Waals surface area contributed by atoms with Crippen molar-refractivity contribution < 1.29 is 4.21 Å². The maximum atomic E-state index is 12.2. The third-order valence-electron chi connectivity index (χ3n) is 5.57. The SMILES string of the molecule is CN1CS(=O)c2cc(CCN3CCC(c4ccccc4)CC3)ccc21. The molecule has 2 aromatic rings. The Kier molecular flexibility index (Phi) is 4.91. The predicted molar refractivity (Wildman–Crippen MR) is 105 cm³/mol. The van der Waals surface area contributed by atoms with E-state index in [1.807, 2.05) is 7.05 Å². The highest BCUT2D eigenvalue weighted by Crippen LogP contribution is 2.31. The highest BCUT2D eigenvalue weighted by Gasteiger charge is 2.23. The van der Waals surface area contributed by atoms with Gasteiger partial charge in [-0.05, 0) is 61.5 Å². The normalized spacial score (nSPS) is 21.5. The summed E-state index contributed by atoms with van der Waals surface area (Å²) in [5.74, 6) is 1.35. The van der Waals surface area contributed by atoms with E-state index in [-0.39, 0.29) is 0 Å². The first-order valence-corrected chi connectivity index (χ1v) is 10.5. The van der Waals surface area contributed by atoms with Crippen molar-refractivity contribution in [1.82, 2.24) is 4.90 Å². The summed E-state index contributed by atoms with van der Waals surface area (Å²) in [6, 6.07) is 17.4. The number of rotatable bonds is 4. The molecule has 2 heterocycles. The molecule has 2 aliphatic heterocycles. The Balaban J connectivity index is 1.32. The van der Waals surface area contributed by atoms with E-state index in [0.29, 0.717) is 5.88 Å². The monoisotopic (exact) mass is 354 g/mol. The minimum absolute atomic E-state index is 0.631. The zero-order valence-corrected chi connectivity index (χ0v) is 15.7. The average Bonchev–Trinajstić information content (AvgIpc) is 2.95. The second-order valence-electron chi connectivity index (χ2n) is 7.25. The van der Waals surface area contributed by atoms with Crippen LogP contribution >= 0.6 is 0 Å². The molecule has 0 aliphatic carbocycles. The molecule has 3 nitrogen and oxygen atoms in total. The number of piperidine rings is 1. The third kappa shape index (κ3) is 3.65. The minimum atomic E-state index is -0.860. The standard InChI is InChI=1S/C21H26N2OS/c1-22-16-25(24)21-15-17(7-8-20(21)22)9-12-23-13-10-19(11-14-23)18-5-3-2-4-6-18/h2-8,15,19H,9-14,16H2,1H3. The van der Waals surface area contributed by atoms with E-state index in [4.69, 9.17) is 0 Å². The van der Waals surface area contributed by atoms with Gasteiger partial charge in [-0.1, -0.05) is 36.4 Å². The zero-order valence-electron chi connectivity index (χ0n) is 14.9. The summed E-state index contributed by atoms with van der Waals surface area (Å²) < 4.78 is 12.2. The molecule has 0 saturated carbocycles. The summed E-state index contributed by atoms with van der Waals surface area (Å²) in [6.07, 6.45) is 3.55. The Bertz CT molecular complexity index is 754. The lowest BCUT2D eigenvalue weighted by atomic mass is 9.89. The quantitative estimate of drug-likeness (QED) is 0.838. The van der Waals surface area contributed by atoms with Crippen LogP contribution in [0.4, 0.5) is 5.69 Å². The molecule has 132 valence electrons. The van der Waals surface area contributed by atoms with Crippen molar-refractivity contribution in [3.05, 3.63) is 59.7 Å². The number of hydrogen-bond acceptors (Lipinski definition) is 3. The molecular weight excluding hydrogens is 328 g/mol. The molecule has 25 heavy (non-hydrogen) atoms. The van der Waals surface area contributed by atoms with Gasteiger partial charge in [-0.2, -0.15) is 0 Å².